The zero-order valence-electron chi connectivity index (χ0n) is 7.79. The Hall–Kier alpha value is -1.58. The molecule has 14 heavy (non-hydrogen) atoms. The van der Waals surface area contributed by atoms with Crippen molar-refractivity contribution in [2.45, 2.75) is 26.2 Å². The minimum absolute atomic E-state index is 0.0460. The van der Waals surface area contributed by atoms with E-state index in [1.807, 2.05) is 0 Å². The van der Waals surface area contributed by atoms with Crippen LogP contribution in [0.2, 0.25) is 0 Å². The zero-order valence-corrected chi connectivity index (χ0v) is 7.79. The molecule has 1 heterocycles. The van der Waals surface area contributed by atoms with Crippen molar-refractivity contribution in [2.24, 2.45) is 0 Å². The molecule has 0 unspecified atom stereocenters. The largest absolute Gasteiger partial charge is 0.478 e. The summed E-state index contributed by atoms with van der Waals surface area (Å²) in [6.07, 6.45) is 1.83. The smallest absolute Gasteiger partial charge is 0.340 e. The number of Topliss-reactive ketones (excluding diaryl/α,β-unsaturated/α-hetero) is 1. The van der Waals surface area contributed by atoms with Crippen LogP contribution in [0.3, 0.4) is 0 Å². The van der Waals surface area contributed by atoms with E-state index in [2.05, 4.69) is 0 Å². The van der Waals surface area contributed by atoms with Crippen LogP contribution in [0.25, 0.3) is 0 Å². The Kier molecular flexibility index (Phi) is 1.91. The second-order valence-electron chi connectivity index (χ2n) is 3.41. The van der Waals surface area contributed by atoms with Crippen LogP contribution in [0.1, 0.15) is 45.1 Å². The number of aryl methyl sites for hydroxylation is 2. The van der Waals surface area contributed by atoms with E-state index in [-0.39, 0.29) is 11.3 Å². The van der Waals surface area contributed by atoms with E-state index in [4.69, 9.17) is 9.52 Å². The summed E-state index contributed by atoms with van der Waals surface area (Å²) >= 11 is 0. The summed E-state index contributed by atoms with van der Waals surface area (Å²) in [5.41, 5.74) is 0.339. The molecule has 0 spiro atoms. The van der Waals surface area contributed by atoms with Crippen molar-refractivity contribution in [3.05, 3.63) is 22.6 Å². The van der Waals surface area contributed by atoms with Gasteiger partial charge < -0.3 is 9.52 Å². The van der Waals surface area contributed by atoms with Crippen LogP contribution in [0.4, 0.5) is 0 Å². The molecule has 0 amide bonds. The summed E-state index contributed by atoms with van der Waals surface area (Å²) in [7, 11) is 0. The highest BCUT2D eigenvalue weighted by atomic mass is 16.4. The molecule has 1 aromatic rings. The second-order valence-corrected chi connectivity index (χ2v) is 3.41. The third-order valence-corrected chi connectivity index (χ3v) is 2.46. The zero-order chi connectivity index (χ0) is 10.3. The van der Waals surface area contributed by atoms with Crippen molar-refractivity contribution in [3.63, 3.8) is 0 Å². The third kappa shape index (κ3) is 1.14. The number of rotatable bonds is 1. The fourth-order valence-corrected chi connectivity index (χ4v) is 1.87. The Morgan fingerprint density at radius 2 is 2.14 bits per heavy atom. The molecule has 74 valence electrons. The molecule has 0 radical (unpaired) electrons. The first-order valence-corrected chi connectivity index (χ1v) is 4.50. The normalized spacial score (nSPS) is 15.4. The van der Waals surface area contributed by atoms with E-state index in [9.17, 15) is 9.59 Å². The molecule has 4 nitrogen and oxygen atoms in total. The summed E-state index contributed by atoms with van der Waals surface area (Å²) in [6.45, 7) is 1.58. The van der Waals surface area contributed by atoms with Gasteiger partial charge in [-0.05, 0) is 13.3 Å². The summed E-state index contributed by atoms with van der Waals surface area (Å²) in [6, 6.07) is 0. The van der Waals surface area contributed by atoms with E-state index in [0.717, 1.165) is 6.42 Å². The van der Waals surface area contributed by atoms with Gasteiger partial charge in [-0.25, -0.2) is 4.79 Å². The SMILES string of the molecule is Cc1oc2c(c1C(=O)O)C(=O)CCC2. The number of hydrogen-bond donors (Lipinski definition) is 1. The maximum Gasteiger partial charge on any atom is 0.340 e. The lowest BCUT2D eigenvalue weighted by Crippen LogP contribution is -2.13. The molecule has 0 atom stereocenters. The van der Waals surface area contributed by atoms with Gasteiger partial charge in [0.15, 0.2) is 5.78 Å². The van der Waals surface area contributed by atoms with Crippen LogP contribution >= 0.6 is 0 Å². The van der Waals surface area contributed by atoms with Gasteiger partial charge in [-0.3, -0.25) is 4.79 Å². The number of ketones is 1. The lowest BCUT2D eigenvalue weighted by atomic mass is 9.93. The van der Waals surface area contributed by atoms with Crippen molar-refractivity contribution in [1.82, 2.24) is 0 Å². The predicted molar refractivity (Wildman–Crippen MR) is 47.7 cm³/mol. The van der Waals surface area contributed by atoms with Crippen molar-refractivity contribution >= 4 is 11.8 Å². The molecule has 0 bridgehead atoms. The second kappa shape index (κ2) is 2.97. The molecular formula is C10H10O4. The van der Waals surface area contributed by atoms with Crippen molar-refractivity contribution in [3.8, 4) is 0 Å². The lowest BCUT2D eigenvalue weighted by Gasteiger charge is -2.08. The van der Waals surface area contributed by atoms with Crippen LogP contribution in [0, 0.1) is 6.92 Å². The van der Waals surface area contributed by atoms with Crippen molar-refractivity contribution in [1.29, 1.82) is 0 Å². The highest BCUT2D eigenvalue weighted by molar-refractivity contribution is 6.07. The quantitative estimate of drug-likeness (QED) is 0.740. The summed E-state index contributed by atoms with van der Waals surface area (Å²) in [5, 5.41) is 8.92. The van der Waals surface area contributed by atoms with Gasteiger partial charge in [-0.2, -0.15) is 0 Å². The lowest BCUT2D eigenvalue weighted by molar-refractivity contribution is 0.0690. The van der Waals surface area contributed by atoms with Crippen LogP contribution in [-0.2, 0) is 6.42 Å². The summed E-state index contributed by atoms with van der Waals surface area (Å²) in [4.78, 5) is 22.4. The molecule has 1 aromatic heterocycles. The van der Waals surface area contributed by atoms with Crippen LogP contribution < -0.4 is 0 Å². The molecule has 0 saturated carbocycles. The number of fused-ring (bicyclic) bond motifs is 1. The Morgan fingerprint density at radius 1 is 1.43 bits per heavy atom. The number of carboxylic acid groups (broad SMARTS) is 1. The van der Waals surface area contributed by atoms with Crippen molar-refractivity contribution in [2.75, 3.05) is 0 Å². The molecule has 0 aliphatic heterocycles. The van der Waals surface area contributed by atoms with Gasteiger partial charge in [-0.1, -0.05) is 0 Å². The molecule has 1 aliphatic carbocycles. The Morgan fingerprint density at radius 3 is 2.79 bits per heavy atom. The highest BCUT2D eigenvalue weighted by Crippen LogP contribution is 2.29. The number of carboxylic acids is 1. The van der Waals surface area contributed by atoms with Gasteiger partial charge >= 0.3 is 5.97 Å². The van der Waals surface area contributed by atoms with Gasteiger partial charge in [0.25, 0.3) is 0 Å². The minimum Gasteiger partial charge on any atom is -0.478 e. The summed E-state index contributed by atoms with van der Waals surface area (Å²) in [5.74, 6) is -0.322. The topological polar surface area (TPSA) is 67.5 Å². The number of carbonyl (C=O) groups excluding carboxylic acids is 1. The minimum atomic E-state index is -1.08. The molecule has 4 heteroatoms. The Bertz CT molecular complexity index is 414. The molecule has 0 aromatic carbocycles. The van der Waals surface area contributed by atoms with E-state index >= 15 is 0 Å². The molecule has 1 aliphatic rings. The number of hydrogen-bond acceptors (Lipinski definition) is 3. The molecule has 0 fully saturated rings. The predicted octanol–water partition coefficient (Wildman–Crippen LogP) is 1.81. The van der Waals surface area contributed by atoms with Gasteiger partial charge in [-0.15, -0.1) is 0 Å². The number of aromatic carboxylic acids is 1. The maximum absolute atomic E-state index is 11.5. The fourth-order valence-electron chi connectivity index (χ4n) is 1.87. The molecule has 2 rings (SSSR count). The van der Waals surface area contributed by atoms with Gasteiger partial charge in [0, 0.05) is 12.8 Å². The fraction of sp³-hybridized carbons (Fsp3) is 0.400. The molecular weight excluding hydrogens is 184 g/mol. The van der Waals surface area contributed by atoms with Crippen LogP contribution in [0.15, 0.2) is 4.42 Å². The highest BCUT2D eigenvalue weighted by Gasteiger charge is 2.29. The van der Waals surface area contributed by atoms with Crippen LogP contribution in [0.5, 0.6) is 0 Å². The summed E-state index contributed by atoms with van der Waals surface area (Å²) < 4.78 is 5.27. The van der Waals surface area contributed by atoms with Gasteiger partial charge in [0.05, 0.1) is 5.56 Å². The van der Waals surface area contributed by atoms with Crippen LogP contribution in [-0.4, -0.2) is 16.9 Å². The standard InChI is InChI=1S/C10H10O4/c1-5-8(10(12)13)9-6(11)3-2-4-7(9)14-5/h2-4H2,1H3,(H,12,13). The maximum atomic E-state index is 11.5. The number of carbonyl (C=O) groups is 2. The first kappa shape index (κ1) is 8.99. The Balaban J connectivity index is 2.65. The molecule has 0 saturated heterocycles. The van der Waals surface area contributed by atoms with Gasteiger partial charge in [0.2, 0.25) is 0 Å². The van der Waals surface area contributed by atoms with Crippen molar-refractivity contribution < 1.29 is 19.1 Å². The monoisotopic (exact) mass is 194 g/mol. The van der Waals surface area contributed by atoms with E-state index in [1.54, 1.807) is 6.92 Å². The average Bonchev–Trinajstić information content (AvgIpc) is 2.42. The first-order chi connectivity index (χ1) is 6.61. The van der Waals surface area contributed by atoms with E-state index in [1.165, 1.54) is 0 Å². The van der Waals surface area contributed by atoms with E-state index < -0.39 is 5.97 Å². The first-order valence-electron chi connectivity index (χ1n) is 4.50. The number of furan rings is 1. The Labute approximate surface area is 80.5 Å². The van der Waals surface area contributed by atoms with E-state index in [0.29, 0.717) is 29.9 Å². The third-order valence-electron chi connectivity index (χ3n) is 2.46. The molecule has 1 N–H and O–H groups in total. The van der Waals surface area contributed by atoms with Gasteiger partial charge in [0.1, 0.15) is 17.1 Å². The average molecular weight is 194 g/mol.